The number of hydrogen-bond acceptors (Lipinski definition) is 10. The number of halogens is 2. The molecule has 3 aromatic heterocycles. The van der Waals surface area contributed by atoms with Crippen LogP contribution in [0.2, 0.25) is 5.15 Å². The van der Waals surface area contributed by atoms with Crippen molar-refractivity contribution >= 4 is 50.1 Å². The minimum absolute atomic E-state index is 0.0144. The van der Waals surface area contributed by atoms with Crippen molar-refractivity contribution in [2.45, 2.75) is 44.5 Å². The number of carbonyl (C=O) groups is 1. The zero-order valence-corrected chi connectivity index (χ0v) is 21.7. The zero-order valence-electron chi connectivity index (χ0n) is 20.2. The molecule has 1 aliphatic heterocycles. The number of nitrogens with one attached hydrogen (secondary N) is 1. The number of anilines is 2. The monoisotopic (exact) mass is 538 g/mol. The van der Waals surface area contributed by atoms with Crippen LogP contribution in [0, 0.1) is 5.82 Å². The summed E-state index contributed by atoms with van der Waals surface area (Å²) in [7, 11) is -3.92. The molecule has 1 atom stereocenters. The molecule has 0 aromatic carbocycles. The summed E-state index contributed by atoms with van der Waals surface area (Å²) in [6.07, 6.45) is 1.74. The van der Waals surface area contributed by atoms with Gasteiger partial charge in [-0.25, -0.2) is 32.6 Å². The molecule has 0 spiro atoms. The van der Waals surface area contributed by atoms with E-state index in [0.717, 1.165) is 6.26 Å². The van der Waals surface area contributed by atoms with Crippen molar-refractivity contribution in [3.05, 3.63) is 34.9 Å². The molecule has 1 aliphatic rings. The van der Waals surface area contributed by atoms with Crippen molar-refractivity contribution in [1.29, 1.82) is 0 Å². The number of ether oxygens (including phenoxy) is 2. The van der Waals surface area contributed by atoms with Gasteiger partial charge in [0.15, 0.2) is 11.0 Å². The van der Waals surface area contributed by atoms with E-state index in [1.807, 2.05) is 0 Å². The lowest BCUT2D eigenvalue weighted by molar-refractivity contribution is 0.0635. The Morgan fingerprint density at radius 2 is 2.03 bits per heavy atom. The summed E-state index contributed by atoms with van der Waals surface area (Å²) in [4.78, 5) is 30.6. The van der Waals surface area contributed by atoms with E-state index < -0.39 is 43.7 Å². The molecule has 1 N–H and O–H groups in total. The molecule has 4 rings (SSSR count). The van der Waals surface area contributed by atoms with Gasteiger partial charge in [-0.2, -0.15) is 4.98 Å². The van der Waals surface area contributed by atoms with Crippen LogP contribution in [-0.4, -0.2) is 59.5 Å². The summed E-state index contributed by atoms with van der Waals surface area (Å²) in [6, 6.07) is 2.89. The summed E-state index contributed by atoms with van der Waals surface area (Å²) < 4.78 is 50.7. The predicted molar refractivity (Wildman–Crippen MR) is 131 cm³/mol. The first-order chi connectivity index (χ1) is 16.8. The minimum atomic E-state index is -3.92. The second-order valence-electron chi connectivity index (χ2n) is 9.13. The maximum Gasteiger partial charge on any atom is 0.413 e. The second kappa shape index (κ2) is 9.28. The van der Waals surface area contributed by atoms with Crippen molar-refractivity contribution in [2.24, 2.45) is 0 Å². The van der Waals surface area contributed by atoms with Crippen molar-refractivity contribution in [3.8, 4) is 5.88 Å². The summed E-state index contributed by atoms with van der Waals surface area (Å²) in [6.45, 7) is 7.34. The summed E-state index contributed by atoms with van der Waals surface area (Å²) in [5.41, 5.74) is -0.474. The number of nitrogens with zero attached hydrogens (tertiary/aromatic N) is 5. The summed E-state index contributed by atoms with van der Waals surface area (Å²) in [5, 5.41) is 1.66. The normalized spacial score (nSPS) is 14.7. The molecule has 4 heterocycles. The molecule has 0 aliphatic carbocycles. The van der Waals surface area contributed by atoms with Gasteiger partial charge < -0.3 is 14.4 Å². The highest BCUT2D eigenvalue weighted by Gasteiger charge is 2.32. The van der Waals surface area contributed by atoms with Crippen molar-refractivity contribution < 1.29 is 27.1 Å². The Labute approximate surface area is 211 Å². The van der Waals surface area contributed by atoms with Crippen LogP contribution >= 0.6 is 11.6 Å². The van der Waals surface area contributed by atoms with Gasteiger partial charge in [0.2, 0.25) is 20.9 Å². The summed E-state index contributed by atoms with van der Waals surface area (Å²) >= 11 is 5.93. The lowest BCUT2D eigenvalue weighted by Gasteiger charge is -2.30. The first-order valence-corrected chi connectivity index (χ1v) is 13.1. The molecule has 0 saturated carbocycles. The van der Waals surface area contributed by atoms with E-state index in [4.69, 9.17) is 21.1 Å². The van der Waals surface area contributed by atoms with Gasteiger partial charge in [0.05, 0.1) is 12.6 Å². The molecule has 0 radical (unpaired) electrons. The van der Waals surface area contributed by atoms with Gasteiger partial charge in [-0.1, -0.05) is 17.7 Å². The highest BCUT2D eigenvalue weighted by atomic mass is 35.5. The predicted octanol–water partition coefficient (Wildman–Crippen LogP) is 3.92. The third-order valence-corrected chi connectivity index (χ3v) is 6.32. The number of pyridine rings is 2. The van der Waals surface area contributed by atoms with Crippen molar-refractivity contribution in [3.63, 3.8) is 0 Å². The Balaban J connectivity index is 1.86. The first-order valence-electron chi connectivity index (χ1n) is 10.9. The van der Waals surface area contributed by atoms with Crippen LogP contribution in [0.25, 0.3) is 10.9 Å². The molecule has 0 fully saturated rings. The topological polar surface area (TPSA) is 136 Å². The van der Waals surface area contributed by atoms with Crippen LogP contribution in [0.1, 0.15) is 39.3 Å². The van der Waals surface area contributed by atoms with Gasteiger partial charge in [0.25, 0.3) is 0 Å². The van der Waals surface area contributed by atoms with Crippen LogP contribution in [0.3, 0.4) is 0 Å². The van der Waals surface area contributed by atoms with Crippen LogP contribution in [-0.2, 0) is 14.6 Å². The molecule has 1 unspecified atom stereocenters. The Morgan fingerprint density at radius 3 is 2.69 bits per heavy atom. The number of sulfone groups is 1. The molecule has 1 amide bonds. The first kappa shape index (κ1) is 25.8. The highest BCUT2D eigenvalue weighted by molar-refractivity contribution is 7.90. The molecular weight excluding hydrogens is 515 g/mol. The quantitative estimate of drug-likeness (QED) is 0.384. The largest absolute Gasteiger partial charge is 0.475 e. The van der Waals surface area contributed by atoms with Crippen molar-refractivity contribution in [2.75, 3.05) is 29.6 Å². The average Bonchev–Trinajstić information content (AvgIpc) is 2.95. The Hall–Kier alpha value is -3.32. The Bertz CT molecular complexity index is 1460. The second-order valence-corrected chi connectivity index (χ2v) is 11.4. The standard InChI is InChI=1S/C22H24ClFN6O5S/c1-11(12-7-6-8-25-17(12)28-21(31)35-22(2,3)4)30-9-10-34-19-13-15(14(24)16(23)27-19)26-20(29-18(13)30)36(5,32)33/h6-8,11H,9-10H2,1-5H3,(H,25,28,31). The lowest BCUT2D eigenvalue weighted by Crippen LogP contribution is -2.32. The Kier molecular flexibility index (Phi) is 6.64. The fraction of sp³-hybridized carbons (Fsp3) is 0.409. The number of carbonyl (C=O) groups excluding carboxylic acids is 1. The van der Waals surface area contributed by atoms with E-state index in [0.29, 0.717) is 5.56 Å². The summed E-state index contributed by atoms with van der Waals surface area (Å²) in [5.74, 6) is -0.676. The third kappa shape index (κ3) is 5.12. The van der Waals surface area contributed by atoms with E-state index in [9.17, 15) is 17.6 Å². The average molecular weight is 539 g/mol. The fourth-order valence-electron chi connectivity index (χ4n) is 3.71. The van der Waals surface area contributed by atoms with E-state index in [1.54, 1.807) is 44.7 Å². The molecule has 0 saturated heterocycles. The number of aromatic nitrogens is 4. The maximum absolute atomic E-state index is 15.0. The molecule has 14 heteroatoms. The smallest absolute Gasteiger partial charge is 0.413 e. The van der Waals surface area contributed by atoms with E-state index in [2.05, 4.69) is 25.3 Å². The van der Waals surface area contributed by atoms with Gasteiger partial charge in [-0.3, -0.25) is 5.32 Å². The van der Waals surface area contributed by atoms with Crippen LogP contribution in [0.5, 0.6) is 5.88 Å². The molecular formula is C22H24ClFN6O5S. The van der Waals surface area contributed by atoms with E-state index in [1.165, 1.54) is 6.20 Å². The van der Waals surface area contributed by atoms with Gasteiger partial charge in [0.1, 0.15) is 34.7 Å². The van der Waals surface area contributed by atoms with E-state index >= 15 is 0 Å². The van der Waals surface area contributed by atoms with Crippen molar-refractivity contribution in [1.82, 2.24) is 19.9 Å². The third-order valence-electron chi connectivity index (χ3n) is 5.22. The SMILES string of the molecule is CC(c1cccnc1NC(=O)OC(C)(C)C)N1CCOc2nc(Cl)c(F)c3nc(S(C)(=O)=O)nc1c23. The highest BCUT2D eigenvalue weighted by Crippen LogP contribution is 2.40. The number of hydrogen-bond donors (Lipinski definition) is 1. The van der Waals surface area contributed by atoms with Gasteiger partial charge >= 0.3 is 6.09 Å². The molecule has 0 bridgehead atoms. The maximum atomic E-state index is 15.0. The minimum Gasteiger partial charge on any atom is -0.475 e. The number of amides is 1. The lowest BCUT2D eigenvalue weighted by atomic mass is 10.1. The number of rotatable bonds is 4. The van der Waals surface area contributed by atoms with Gasteiger partial charge in [-0.15, -0.1) is 0 Å². The van der Waals surface area contributed by atoms with E-state index in [-0.39, 0.29) is 41.6 Å². The zero-order chi connectivity index (χ0) is 26.4. The van der Waals surface area contributed by atoms with Crippen LogP contribution < -0.4 is 15.0 Å². The molecule has 36 heavy (non-hydrogen) atoms. The molecule has 192 valence electrons. The van der Waals surface area contributed by atoms with Crippen LogP contribution in [0.15, 0.2) is 23.5 Å². The van der Waals surface area contributed by atoms with Gasteiger partial charge in [0, 0.05) is 18.0 Å². The van der Waals surface area contributed by atoms with Gasteiger partial charge in [-0.05, 0) is 33.8 Å². The Morgan fingerprint density at radius 1 is 1.31 bits per heavy atom. The van der Waals surface area contributed by atoms with Crippen LogP contribution in [0.4, 0.5) is 20.8 Å². The fourth-order valence-corrected chi connectivity index (χ4v) is 4.38. The molecule has 3 aromatic rings. The molecule has 11 nitrogen and oxygen atoms in total.